The van der Waals surface area contributed by atoms with Gasteiger partial charge in [-0.15, -0.1) is 0 Å². The third-order valence-corrected chi connectivity index (χ3v) is 4.57. The molecule has 140 valence electrons. The zero-order valence-electron chi connectivity index (χ0n) is 15.9. The van der Waals surface area contributed by atoms with E-state index in [4.69, 9.17) is 9.47 Å². The Morgan fingerprint density at radius 1 is 1.00 bits per heavy atom. The van der Waals surface area contributed by atoms with Crippen molar-refractivity contribution in [3.63, 3.8) is 0 Å². The minimum Gasteiger partial charge on any atom is -0.493 e. The Bertz CT molecular complexity index is 705. The number of imide groups is 1. The Morgan fingerprint density at radius 3 is 2.27 bits per heavy atom. The Labute approximate surface area is 155 Å². The van der Waals surface area contributed by atoms with Crippen LogP contribution < -0.4 is 4.74 Å². The van der Waals surface area contributed by atoms with Crippen LogP contribution in [0.5, 0.6) is 5.75 Å². The van der Waals surface area contributed by atoms with E-state index in [1.807, 2.05) is 18.2 Å². The molecule has 26 heavy (non-hydrogen) atoms. The van der Waals surface area contributed by atoms with Crippen LogP contribution in [0.4, 0.5) is 0 Å². The summed E-state index contributed by atoms with van der Waals surface area (Å²) in [6.07, 6.45) is 3.15. The van der Waals surface area contributed by atoms with Crippen LogP contribution in [0, 0.1) is 11.8 Å². The summed E-state index contributed by atoms with van der Waals surface area (Å²) in [7, 11) is 0. The number of benzene rings is 1. The summed E-state index contributed by atoms with van der Waals surface area (Å²) in [6.45, 7) is 9.67. The van der Waals surface area contributed by atoms with E-state index in [2.05, 4.69) is 27.7 Å². The number of fused-ring (bicyclic) bond motifs is 1. The maximum Gasteiger partial charge on any atom is 0.254 e. The summed E-state index contributed by atoms with van der Waals surface area (Å²) in [5, 5.41) is 0. The van der Waals surface area contributed by atoms with Crippen LogP contribution in [-0.4, -0.2) is 29.9 Å². The number of rotatable bonds is 7. The molecule has 1 heterocycles. The third kappa shape index (κ3) is 3.83. The first kappa shape index (κ1) is 18.6. The second-order valence-electron chi connectivity index (χ2n) is 7.84. The average Bonchev–Trinajstić information content (AvgIpc) is 3.10. The highest BCUT2D eigenvalue weighted by Crippen LogP contribution is 2.46. The molecule has 0 aromatic heterocycles. The number of amides is 2. The molecular formula is C21H27NO4. The second-order valence-corrected chi connectivity index (χ2v) is 7.84. The molecule has 0 unspecified atom stereocenters. The number of ether oxygens (including phenoxy) is 2. The molecule has 5 heteroatoms. The lowest BCUT2D eigenvalue weighted by Crippen LogP contribution is -2.33. The summed E-state index contributed by atoms with van der Waals surface area (Å²) in [5.41, 5.74) is 1.99. The molecule has 5 nitrogen and oxygen atoms in total. The van der Waals surface area contributed by atoms with Crippen molar-refractivity contribution in [3.05, 3.63) is 41.5 Å². The number of hydrogen-bond acceptors (Lipinski definition) is 4. The van der Waals surface area contributed by atoms with Crippen LogP contribution in [0.1, 0.15) is 57.4 Å². The van der Waals surface area contributed by atoms with Crippen molar-refractivity contribution in [2.45, 2.75) is 46.3 Å². The van der Waals surface area contributed by atoms with Gasteiger partial charge in [-0.25, -0.2) is 0 Å². The molecular weight excluding hydrogens is 330 g/mol. The number of carbonyl (C=O) groups is 2. The SMILES string of the molecule is CC(C)COc1ccc2c(c1)[C@@H](N1C(=O)C=CC1=O)C[C@@H]2OCC(C)C. The molecule has 1 aliphatic carbocycles. The van der Waals surface area contributed by atoms with Crippen molar-refractivity contribution in [1.82, 2.24) is 4.90 Å². The van der Waals surface area contributed by atoms with Crippen LogP contribution in [-0.2, 0) is 14.3 Å². The molecule has 1 aromatic rings. The monoisotopic (exact) mass is 357 g/mol. The molecule has 2 atom stereocenters. The lowest BCUT2D eigenvalue weighted by molar-refractivity contribution is -0.140. The second kappa shape index (κ2) is 7.62. The maximum atomic E-state index is 12.2. The van der Waals surface area contributed by atoms with E-state index in [9.17, 15) is 9.59 Å². The van der Waals surface area contributed by atoms with E-state index in [1.165, 1.54) is 17.1 Å². The van der Waals surface area contributed by atoms with Gasteiger partial charge in [-0.05, 0) is 35.1 Å². The van der Waals surface area contributed by atoms with Crippen LogP contribution in [0.25, 0.3) is 0 Å². The maximum absolute atomic E-state index is 12.2. The van der Waals surface area contributed by atoms with Gasteiger partial charge in [-0.1, -0.05) is 33.8 Å². The predicted octanol–water partition coefficient (Wildman–Crippen LogP) is 3.80. The van der Waals surface area contributed by atoms with Crippen molar-refractivity contribution in [3.8, 4) is 5.75 Å². The van der Waals surface area contributed by atoms with Gasteiger partial charge >= 0.3 is 0 Å². The van der Waals surface area contributed by atoms with Gasteiger partial charge in [-0.2, -0.15) is 0 Å². The van der Waals surface area contributed by atoms with E-state index >= 15 is 0 Å². The topological polar surface area (TPSA) is 55.8 Å². The third-order valence-electron chi connectivity index (χ3n) is 4.57. The molecule has 0 saturated carbocycles. The van der Waals surface area contributed by atoms with Crippen LogP contribution in [0.15, 0.2) is 30.4 Å². The fraction of sp³-hybridized carbons (Fsp3) is 0.524. The van der Waals surface area contributed by atoms with Crippen molar-refractivity contribution in [2.75, 3.05) is 13.2 Å². The molecule has 0 bridgehead atoms. The Balaban J connectivity index is 1.89. The minimum atomic E-state index is -0.306. The predicted molar refractivity (Wildman–Crippen MR) is 98.7 cm³/mol. The molecule has 1 aromatic carbocycles. The lowest BCUT2D eigenvalue weighted by Gasteiger charge is -2.23. The Hall–Kier alpha value is -2.14. The van der Waals surface area contributed by atoms with Gasteiger partial charge in [0.05, 0.1) is 18.8 Å². The molecule has 2 aliphatic rings. The minimum absolute atomic E-state index is 0.113. The summed E-state index contributed by atoms with van der Waals surface area (Å²) >= 11 is 0. The molecule has 0 spiro atoms. The van der Waals surface area contributed by atoms with Gasteiger partial charge in [0.1, 0.15) is 5.75 Å². The highest BCUT2D eigenvalue weighted by atomic mass is 16.5. The van der Waals surface area contributed by atoms with Gasteiger partial charge in [0, 0.05) is 25.2 Å². The van der Waals surface area contributed by atoms with E-state index in [0.29, 0.717) is 31.5 Å². The molecule has 3 rings (SSSR count). The van der Waals surface area contributed by atoms with E-state index < -0.39 is 0 Å². The van der Waals surface area contributed by atoms with Gasteiger partial charge in [0.2, 0.25) is 0 Å². The lowest BCUT2D eigenvalue weighted by atomic mass is 10.1. The fourth-order valence-corrected chi connectivity index (χ4v) is 3.37. The van der Waals surface area contributed by atoms with E-state index in [0.717, 1.165) is 16.9 Å². The first-order valence-corrected chi connectivity index (χ1v) is 9.30. The van der Waals surface area contributed by atoms with Crippen LogP contribution >= 0.6 is 0 Å². The van der Waals surface area contributed by atoms with Gasteiger partial charge in [-0.3, -0.25) is 14.5 Å². The first-order valence-electron chi connectivity index (χ1n) is 9.30. The molecule has 2 amide bonds. The highest BCUT2D eigenvalue weighted by molar-refractivity contribution is 6.13. The van der Waals surface area contributed by atoms with Crippen molar-refractivity contribution in [1.29, 1.82) is 0 Å². The van der Waals surface area contributed by atoms with Crippen LogP contribution in [0.2, 0.25) is 0 Å². The Morgan fingerprint density at radius 2 is 1.65 bits per heavy atom. The van der Waals surface area contributed by atoms with Crippen molar-refractivity contribution >= 4 is 11.8 Å². The standard InChI is InChI=1S/C21H27NO4/c1-13(2)11-25-15-5-6-16-17(9-15)18(10-19(16)26-12-14(3)4)22-20(23)7-8-21(22)24/h5-9,13-14,18-19H,10-12H2,1-4H3/t18-,19-/m0/s1. The van der Waals surface area contributed by atoms with Gasteiger partial charge < -0.3 is 9.47 Å². The van der Waals surface area contributed by atoms with E-state index in [-0.39, 0.29) is 24.0 Å². The molecule has 0 saturated heterocycles. The highest BCUT2D eigenvalue weighted by Gasteiger charge is 2.41. The quantitative estimate of drug-likeness (QED) is 0.697. The molecule has 0 radical (unpaired) electrons. The van der Waals surface area contributed by atoms with Crippen molar-refractivity contribution in [2.24, 2.45) is 11.8 Å². The van der Waals surface area contributed by atoms with Gasteiger partial charge in [0.25, 0.3) is 11.8 Å². The summed E-state index contributed by atoms with van der Waals surface area (Å²) in [4.78, 5) is 25.7. The normalized spacial score (nSPS) is 22.0. The summed E-state index contributed by atoms with van der Waals surface area (Å²) in [6, 6.07) is 5.61. The molecule has 0 N–H and O–H groups in total. The number of carbonyl (C=O) groups excluding carboxylic acids is 2. The average molecular weight is 357 g/mol. The largest absolute Gasteiger partial charge is 0.493 e. The Kier molecular flexibility index (Phi) is 5.47. The zero-order valence-corrected chi connectivity index (χ0v) is 15.9. The molecule has 1 aliphatic heterocycles. The smallest absolute Gasteiger partial charge is 0.254 e. The fourth-order valence-electron chi connectivity index (χ4n) is 3.37. The molecule has 0 fully saturated rings. The number of nitrogens with zero attached hydrogens (tertiary/aromatic N) is 1. The van der Waals surface area contributed by atoms with Gasteiger partial charge in [0.15, 0.2) is 0 Å². The number of hydrogen-bond donors (Lipinski definition) is 0. The first-order chi connectivity index (χ1) is 12.4. The summed E-state index contributed by atoms with van der Waals surface area (Å²) in [5.74, 6) is 1.09. The van der Waals surface area contributed by atoms with E-state index in [1.54, 1.807) is 0 Å². The zero-order chi connectivity index (χ0) is 18.8. The van der Waals surface area contributed by atoms with Crippen molar-refractivity contribution < 1.29 is 19.1 Å². The summed E-state index contributed by atoms with van der Waals surface area (Å²) < 4.78 is 11.9. The van der Waals surface area contributed by atoms with Crippen LogP contribution in [0.3, 0.4) is 0 Å².